The minimum Gasteiger partial charge on any atom is -0.192 e. The summed E-state index contributed by atoms with van der Waals surface area (Å²) in [5, 5.41) is 8.98. The van der Waals surface area contributed by atoms with E-state index in [1.807, 2.05) is 0 Å². The lowest BCUT2D eigenvalue weighted by Crippen LogP contribution is -2.15. The molecule has 0 bridgehead atoms. The van der Waals surface area contributed by atoms with E-state index in [0.717, 1.165) is 12.3 Å². The van der Waals surface area contributed by atoms with E-state index in [1.54, 1.807) is 6.07 Å². The fraction of sp³-hybridized carbons (Fsp3) is 0.611. The van der Waals surface area contributed by atoms with Crippen LogP contribution in [0.1, 0.15) is 68.5 Å². The molecule has 0 saturated heterocycles. The van der Waals surface area contributed by atoms with Crippen molar-refractivity contribution in [3.63, 3.8) is 0 Å². The maximum atomic E-state index is 8.98. The predicted octanol–water partition coefficient (Wildman–Crippen LogP) is 5.10. The molecule has 1 saturated carbocycles. The summed E-state index contributed by atoms with van der Waals surface area (Å²) in [4.78, 5) is 0. The molecule has 0 aliphatic heterocycles. The summed E-state index contributed by atoms with van der Waals surface area (Å²) in [6, 6.07) is 1.30. The van der Waals surface area contributed by atoms with Crippen LogP contribution in [0.3, 0.4) is 0 Å². The van der Waals surface area contributed by atoms with E-state index in [2.05, 4.69) is 6.92 Å². The van der Waals surface area contributed by atoms with E-state index >= 15 is 0 Å². The topological polar surface area (TPSA) is 23.8 Å². The van der Waals surface area contributed by atoms with Gasteiger partial charge in [-0.05, 0) is 42.3 Å². The van der Waals surface area contributed by atoms with Crippen LogP contribution in [0.2, 0.25) is 0 Å². The van der Waals surface area contributed by atoms with Gasteiger partial charge in [0.25, 0.3) is 0 Å². The van der Waals surface area contributed by atoms with Gasteiger partial charge in [-0.25, -0.2) is 0 Å². The van der Waals surface area contributed by atoms with E-state index in [-0.39, 0.29) is 29.7 Å². The smallest absolute Gasteiger partial charge is 0.0991 e. The van der Waals surface area contributed by atoms with Gasteiger partial charge in [0.15, 0.2) is 0 Å². The summed E-state index contributed by atoms with van der Waals surface area (Å²) in [6.07, 6.45) is 9.04. The van der Waals surface area contributed by atoms with Crippen LogP contribution in [0.5, 0.6) is 0 Å². The average molecular weight is 259 g/mol. The number of nitrogens with zero attached hydrogens (tertiary/aromatic N) is 1. The molecule has 0 aromatic heterocycles. The summed E-state index contributed by atoms with van der Waals surface area (Å²) in [5.41, 5.74) is 0.318. The number of rotatable bonds is 5. The third kappa shape index (κ3) is 4.39. The number of hydrogen-bond donors (Lipinski definition) is 0. The van der Waals surface area contributed by atoms with Crippen molar-refractivity contribution in [2.75, 3.05) is 0 Å². The van der Waals surface area contributed by atoms with Crippen LogP contribution in [-0.4, -0.2) is 0 Å². The second-order valence-corrected chi connectivity index (χ2v) is 5.68. The molecule has 0 atom stereocenters. The number of benzene rings is 1. The molecule has 0 unspecified atom stereocenters. The monoisotopic (exact) mass is 259 g/mol. The summed E-state index contributed by atoms with van der Waals surface area (Å²) in [6.45, 7) is 2.24. The minimum absolute atomic E-state index is 0.0396. The van der Waals surface area contributed by atoms with Crippen LogP contribution in [0, 0.1) is 23.2 Å². The Bertz CT molecular complexity index is 569. The Morgan fingerprint density at radius 2 is 1.68 bits per heavy atom. The Hall–Kier alpha value is -1.29. The highest BCUT2D eigenvalue weighted by Crippen LogP contribution is 2.33. The van der Waals surface area contributed by atoms with Gasteiger partial charge >= 0.3 is 0 Å². The molecule has 0 spiro atoms. The van der Waals surface area contributed by atoms with E-state index < -0.39 is 0 Å². The third-order valence-electron chi connectivity index (χ3n) is 4.25. The highest BCUT2D eigenvalue weighted by atomic mass is 14.3. The largest absolute Gasteiger partial charge is 0.192 e. The second kappa shape index (κ2) is 7.34. The zero-order chi connectivity index (χ0) is 17.0. The van der Waals surface area contributed by atoms with Crippen molar-refractivity contribution >= 4 is 0 Å². The van der Waals surface area contributed by atoms with Gasteiger partial charge < -0.3 is 0 Å². The predicted molar refractivity (Wildman–Crippen MR) is 79.8 cm³/mol. The Kier molecular flexibility index (Phi) is 3.70. The molecule has 1 nitrogen and oxygen atoms in total. The first-order chi connectivity index (χ1) is 11.0. The van der Waals surface area contributed by atoms with Gasteiger partial charge in [0, 0.05) is 0 Å². The third-order valence-corrected chi connectivity index (χ3v) is 4.25. The Morgan fingerprint density at radius 1 is 1.11 bits per heavy atom. The molecule has 1 fully saturated rings. The molecule has 0 N–H and O–H groups in total. The van der Waals surface area contributed by atoms with E-state index in [9.17, 15) is 0 Å². The Balaban J connectivity index is 2.04. The van der Waals surface area contributed by atoms with Crippen LogP contribution in [0.4, 0.5) is 0 Å². The molecule has 1 aliphatic carbocycles. The highest BCUT2D eigenvalue weighted by molar-refractivity contribution is 5.31. The first-order valence-electron chi connectivity index (χ1n) is 9.48. The van der Waals surface area contributed by atoms with Crippen LogP contribution < -0.4 is 0 Å². The Labute approximate surface area is 123 Å². The van der Waals surface area contributed by atoms with Gasteiger partial charge in [0.2, 0.25) is 0 Å². The molecule has 1 aromatic rings. The van der Waals surface area contributed by atoms with Gasteiger partial charge in [-0.1, -0.05) is 57.5 Å². The summed E-state index contributed by atoms with van der Waals surface area (Å²) in [5.74, 6) is 1.49. The van der Waals surface area contributed by atoms with Crippen molar-refractivity contribution < 1.29 is 5.48 Å². The summed E-state index contributed by atoms with van der Waals surface area (Å²) >= 11 is 0. The van der Waals surface area contributed by atoms with E-state index in [0.29, 0.717) is 17.9 Å². The lowest BCUT2D eigenvalue weighted by molar-refractivity contribution is 0.252. The molecule has 2 rings (SSSR count). The van der Waals surface area contributed by atoms with E-state index in [1.165, 1.54) is 38.5 Å². The molecule has 1 aliphatic rings. The minimum atomic E-state index is -0.199. The summed E-state index contributed by atoms with van der Waals surface area (Å²) < 4.78 is 31.8. The molecule has 102 valence electrons. The zero-order valence-electron chi connectivity index (χ0n) is 15.8. The van der Waals surface area contributed by atoms with Gasteiger partial charge in [0.05, 0.1) is 17.1 Å². The number of hydrogen-bond acceptors (Lipinski definition) is 1. The van der Waals surface area contributed by atoms with Gasteiger partial charge in [0.1, 0.15) is 0 Å². The molecule has 1 heteroatoms. The normalized spacial score (nSPS) is 25.9. The van der Waals surface area contributed by atoms with Crippen molar-refractivity contribution in [2.45, 2.75) is 58.3 Å². The molecule has 0 amide bonds. The van der Waals surface area contributed by atoms with Crippen LogP contribution in [0.15, 0.2) is 24.2 Å². The average Bonchev–Trinajstić information content (AvgIpc) is 2.55. The quantitative estimate of drug-likeness (QED) is 0.722. The zero-order valence-corrected chi connectivity index (χ0v) is 11.8. The van der Waals surface area contributed by atoms with Crippen LogP contribution in [-0.2, 0) is 6.42 Å². The van der Waals surface area contributed by atoms with Gasteiger partial charge in [-0.2, -0.15) is 5.26 Å². The van der Waals surface area contributed by atoms with Crippen LogP contribution in [0.25, 0.3) is 0 Å². The fourth-order valence-corrected chi connectivity index (χ4v) is 3.08. The fourth-order valence-electron chi connectivity index (χ4n) is 3.08. The van der Waals surface area contributed by atoms with Crippen molar-refractivity contribution in [1.82, 2.24) is 0 Å². The number of nitriles is 1. The highest BCUT2D eigenvalue weighted by Gasteiger charge is 2.20. The Morgan fingerprint density at radius 3 is 2.21 bits per heavy atom. The standard InChI is InChI=1S/C18H25N/c1-2-3-15-4-6-16(7-5-15)8-9-17-10-12-18(14-19)13-11-17/h10-13,15-16H,2-9H2,1H3/i10D,11D,12D,13D. The van der Waals surface area contributed by atoms with Crippen molar-refractivity contribution in [1.29, 1.82) is 5.26 Å². The lowest BCUT2D eigenvalue weighted by Gasteiger charge is -2.28. The van der Waals surface area contributed by atoms with Crippen molar-refractivity contribution in [2.24, 2.45) is 11.8 Å². The first kappa shape index (κ1) is 9.59. The molecular formula is C18H25N. The SMILES string of the molecule is [2H]c1c([2H])c(CCC2CCC(CCC)CC2)c([2H])c([2H])c1C#N. The first-order valence-corrected chi connectivity index (χ1v) is 7.48. The molecule has 0 heterocycles. The second-order valence-electron chi connectivity index (χ2n) is 5.68. The maximum absolute atomic E-state index is 8.98. The van der Waals surface area contributed by atoms with E-state index in [4.69, 9.17) is 10.7 Å². The molecule has 0 radical (unpaired) electrons. The van der Waals surface area contributed by atoms with Crippen LogP contribution >= 0.6 is 0 Å². The van der Waals surface area contributed by atoms with Gasteiger partial charge in [-0.15, -0.1) is 0 Å². The maximum Gasteiger partial charge on any atom is 0.0991 e. The lowest BCUT2D eigenvalue weighted by atomic mass is 9.78. The van der Waals surface area contributed by atoms with Crippen molar-refractivity contribution in [3.05, 3.63) is 35.3 Å². The molecule has 1 aromatic carbocycles. The van der Waals surface area contributed by atoms with Crippen molar-refractivity contribution in [3.8, 4) is 6.07 Å². The molecule has 19 heavy (non-hydrogen) atoms. The molecular weight excluding hydrogens is 230 g/mol. The van der Waals surface area contributed by atoms with Gasteiger partial charge in [-0.3, -0.25) is 0 Å². The summed E-state index contributed by atoms with van der Waals surface area (Å²) in [7, 11) is 0.